The predicted octanol–water partition coefficient (Wildman–Crippen LogP) is 7.61. The van der Waals surface area contributed by atoms with Gasteiger partial charge in [-0.3, -0.25) is 10.1 Å². The van der Waals surface area contributed by atoms with Gasteiger partial charge in [0.05, 0.1) is 28.6 Å². The summed E-state index contributed by atoms with van der Waals surface area (Å²) in [4.78, 5) is 12.9. The zero-order chi connectivity index (χ0) is 28.2. The van der Waals surface area contributed by atoms with Crippen molar-refractivity contribution < 1.29 is 4.39 Å². The van der Waals surface area contributed by atoms with Crippen molar-refractivity contribution in [3.05, 3.63) is 133 Å². The number of halogens is 1. The van der Waals surface area contributed by atoms with Gasteiger partial charge in [0.2, 0.25) is 0 Å². The summed E-state index contributed by atoms with van der Waals surface area (Å²) in [6.45, 7) is 7.50. The number of allylic oxidation sites excluding steroid dienone is 3. The highest BCUT2D eigenvalue weighted by molar-refractivity contribution is 6.00. The first kappa shape index (κ1) is 26.1. The first-order valence-electron chi connectivity index (χ1n) is 13.5. The van der Waals surface area contributed by atoms with Crippen LogP contribution in [0.2, 0.25) is 0 Å². The van der Waals surface area contributed by atoms with E-state index in [1.807, 2.05) is 49.4 Å². The fraction of sp³-hybridized carbons (Fsp3) is 0.0882. The third-order valence-corrected chi connectivity index (χ3v) is 7.07. The summed E-state index contributed by atoms with van der Waals surface area (Å²) in [7, 11) is 0. The molecular formula is C34H29FN6. The van der Waals surface area contributed by atoms with Crippen LogP contribution in [0.15, 0.2) is 116 Å². The standard InChI is InChI=1S/C34H29FN6/c1-3-22(18-36-19-23-8-6-5-7-9-23)16-24(4-2)29-14-15-30-33(39-29)34(41-40-30)31-17-27-28(20-37-21-32(27)38-31)25-10-12-26(35)13-11-25/h3-17,20-21,36,38H,1,18-19H2,2H3,(H,40,41)/b22-16+,24-4+. The molecule has 7 heteroatoms. The van der Waals surface area contributed by atoms with Gasteiger partial charge in [0.25, 0.3) is 0 Å². The number of pyridine rings is 2. The largest absolute Gasteiger partial charge is 0.352 e. The predicted molar refractivity (Wildman–Crippen MR) is 164 cm³/mol. The molecule has 202 valence electrons. The van der Waals surface area contributed by atoms with Crippen molar-refractivity contribution in [1.82, 2.24) is 30.5 Å². The lowest BCUT2D eigenvalue weighted by Crippen LogP contribution is -2.16. The van der Waals surface area contributed by atoms with E-state index in [4.69, 9.17) is 4.98 Å². The molecule has 0 aliphatic rings. The highest BCUT2D eigenvalue weighted by Gasteiger charge is 2.16. The van der Waals surface area contributed by atoms with Gasteiger partial charge in [-0.05, 0) is 65.6 Å². The number of aromatic amines is 2. The molecule has 3 N–H and O–H groups in total. The van der Waals surface area contributed by atoms with Gasteiger partial charge in [-0.2, -0.15) is 5.10 Å². The lowest BCUT2D eigenvalue weighted by atomic mass is 10.0. The zero-order valence-electron chi connectivity index (χ0n) is 22.7. The molecule has 6 nitrogen and oxygen atoms in total. The summed E-state index contributed by atoms with van der Waals surface area (Å²) in [6, 6.07) is 22.8. The van der Waals surface area contributed by atoms with Crippen LogP contribution in [0.5, 0.6) is 0 Å². The Bertz CT molecular complexity index is 1900. The summed E-state index contributed by atoms with van der Waals surface area (Å²) in [5.74, 6) is -0.271. The van der Waals surface area contributed by atoms with Crippen LogP contribution >= 0.6 is 0 Å². The molecule has 41 heavy (non-hydrogen) atoms. The second-order valence-electron chi connectivity index (χ2n) is 9.76. The van der Waals surface area contributed by atoms with E-state index < -0.39 is 0 Å². The maximum atomic E-state index is 13.5. The van der Waals surface area contributed by atoms with E-state index in [9.17, 15) is 4.39 Å². The molecule has 0 atom stereocenters. The van der Waals surface area contributed by atoms with E-state index >= 15 is 0 Å². The van der Waals surface area contributed by atoms with Gasteiger partial charge >= 0.3 is 0 Å². The van der Waals surface area contributed by atoms with Crippen LogP contribution in [-0.4, -0.2) is 31.7 Å². The van der Waals surface area contributed by atoms with E-state index in [1.165, 1.54) is 17.7 Å². The van der Waals surface area contributed by atoms with Gasteiger partial charge in [-0.15, -0.1) is 0 Å². The van der Waals surface area contributed by atoms with Crippen LogP contribution in [0.3, 0.4) is 0 Å². The highest BCUT2D eigenvalue weighted by Crippen LogP contribution is 2.33. The molecule has 6 aromatic rings. The molecule has 0 saturated carbocycles. The molecule has 0 radical (unpaired) electrons. The Balaban J connectivity index is 1.30. The van der Waals surface area contributed by atoms with Gasteiger partial charge < -0.3 is 10.3 Å². The topological polar surface area (TPSA) is 82.3 Å². The lowest BCUT2D eigenvalue weighted by Gasteiger charge is -2.08. The molecule has 4 aromatic heterocycles. The molecule has 0 bridgehead atoms. The minimum Gasteiger partial charge on any atom is -0.352 e. The molecule has 0 unspecified atom stereocenters. The van der Waals surface area contributed by atoms with Gasteiger partial charge in [-0.1, -0.05) is 61.2 Å². The Labute approximate surface area is 237 Å². The number of nitrogens with zero attached hydrogens (tertiary/aromatic N) is 3. The van der Waals surface area contributed by atoms with Crippen LogP contribution in [-0.2, 0) is 6.54 Å². The zero-order valence-corrected chi connectivity index (χ0v) is 22.7. The van der Waals surface area contributed by atoms with E-state index in [1.54, 1.807) is 24.5 Å². The molecule has 0 amide bonds. The quantitative estimate of drug-likeness (QED) is 0.165. The average molecular weight is 541 g/mol. The number of hydrogen-bond donors (Lipinski definition) is 3. The minimum absolute atomic E-state index is 0.271. The van der Waals surface area contributed by atoms with Gasteiger partial charge in [0.15, 0.2) is 0 Å². The molecule has 0 fully saturated rings. The molecule has 0 aliphatic carbocycles. The maximum absolute atomic E-state index is 13.5. The average Bonchev–Trinajstić information content (AvgIpc) is 3.64. The Morgan fingerprint density at radius 2 is 1.83 bits per heavy atom. The molecule has 0 aliphatic heterocycles. The lowest BCUT2D eigenvalue weighted by molar-refractivity contribution is 0.628. The Morgan fingerprint density at radius 1 is 1.00 bits per heavy atom. The Morgan fingerprint density at radius 3 is 2.61 bits per heavy atom. The number of rotatable bonds is 9. The van der Waals surface area contributed by atoms with Crippen LogP contribution in [0.25, 0.3) is 50.0 Å². The highest BCUT2D eigenvalue weighted by atomic mass is 19.1. The molecule has 0 spiro atoms. The molecular weight excluding hydrogens is 511 g/mol. The van der Waals surface area contributed by atoms with Crippen LogP contribution in [0, 0.1) is 5.82 Å². The fourth-order valence-corrected chi connectivity index (χ4v) is 4.92. The van der Waals surface area contributed by atoms with Crippen LogP contribution in [0.1, 0.15) is 18.2 Å². The van der Waals surface area contributed by atoms with E-state index in [-0.39, 0.29) is 5.82 Å². The number of nitrogens with one attached hydrogen (secondary N) is 3. The maximum Gasteiger partial charge on any atom is 0.135 e. The molecule has 4 heterocycles. The molecule has 2 aromatic carbocycles. The number of aromatic nitrogens is 5. The van der Waals surface area contributed by atoms with Gasteiger partial charge in [0, 0.05) is 30.2 Å². The third-order valence-electron chi connectivity index (χ3n) is 7.07. The van der Waals surface area contributed by atoms with Crippen molar-refractivity contribution in [2.45, 2.75) is 13.5 Å². The second-order valence-corrected chi connectivity index (χ2v) is 9.76. The number of H-pyrrole nitrogens is 2. The van der Waals surface area contributed by atoms with E-state index in [2.05, 4.69) is 56.3 Å². The van der Waals surface area contributed by atoms with Crippen LogP contribution < -0.4 is 5.32 Å². The van der Waals surface area contributed by atoms with Crippen molar-refractivity contribution in [2.24, 2.45) is 0 Å². The van der Waals surface area contributed by atoms with E-state index in [0.29, 0.717) is 6.54 Å². The Hall–Kier alpha value is -5.14. The summed E-state index contributed by atoms with van der Waals surface area (Å²) in [5, 5.41) is 12.2. The molecule has 0 saturated heterocycles. The van der Waals surface area contributed by atoms with Gasteiger partial charge in [0.1, 0.15) is 17.0 Å². The first-order valence-corrected chi connectivity index (χ1v) is 13.5. The van der Waals surface area contributed by atoms with Crippen molar-refractivity contribution in [1.29, 1.82) is 0 Å². The van der Waals surface area contributed by atoms with Gasteiger partial charge in [-0.25, -0.2) is 9.37 Å². The number of benzene rings is 2. The summed E-state index contributed by atoms with van der Waals surface area (Å²) in [6.07, 6.45) is 9.62. The van der Waals surface area contributed by atoms with Crippen molar-refractivity contribution in [3.8, 4) is 22.5 Å². The first-order chi connectivity index (χ1) is 20.1. The van der Waals surface area contributed by atoms with E-state index in [0.717, 1.165) is 67.8 Å². The Kier molecular flexibility index (Phi) is 7.34. The summed E-state index contributed by atoms with van der Waals surface area (Å²) >= 11 is 0. The van der Waals surface area contributed by atoms with Crippen molar-refractivity contribution >= 4 is 27.5 Å². The monoisotopic (exact) mass is 540 g/mol. The minimum atomic E-state index is -0.271. The normalized spacial score (nSPS) is 12.3. The summed E-state index contributed by atoms with van der Waals surface area (Å²) < 4.78 is 13.5. The smallest absolute Gasteiger partial charge is 0.135 e. The van der Waals surface area contributed by atoms with Crippen LogP contribution in [0.4, 0.5) is 4.39 Å². The summed E-state index contributed by atoms with van der Waals surface area (Å²) in [5.41, 5.74) is 9.96. The molecule has 6 rings (SSSR count). The SMILES string of the molecule is C=C/C(=C\C(=C/C)c1ccc2[nH]nc(-c3cc4c(-c5ccc(F)cc5)cncc4[nH]3)c2n1)CNCc1ccccc1. The number of fused-ring (bicyclic) bond motifs is 2. The second kappa shape index (κ2) is 11.5. The fourth-order valence-electron chi connectivity index (χ4n) is 4.92. The van der Waals surface area contributed by atoms with Crippen molar-refractivity contribution in [3.63, 3.8) is 0 Å². The van der Waals surface area contributed by atoms with Crippen molar-refractivity contribution in [2.75, 3.05) is 6.54 Å². The third kappa shape index (κ3) is 5.48. The number of hydrogen-bond acceptors (Lipinski definition) is 4.